The molecule has 0 bridgehead atoms. The normalized spacial score (nSPS) is 21.2. The molecule has 25 heavy (non-hydrogen) atoms. The molecule has 2 aliphatic rings. The molecule has 2 aliphatic heterocycles. The minimum atomic E-state index is -0.00345. The first-order valence-electron chi connectivity index (χ1n) is 8.70. The number of nitrogens with zero attached hydrogens (tertiary/aromatic N) is 4. The van der Waals surface area contributed by atoms with Gasteiger partial charge in [-0.05, 0) is 25.8 Å². The van der Waals surface area contributed by atoms with Crippen molar-refractivity contribution >= 4 is 23.6 Å². The third kappa shape index (κ3) is 4.92. The standard InChI is InChI=1S/C17H24N4O3S/c1-13-3-5-18-17(19-13)25-12-15(22)20-6-2-7-21(9-8-20)16(23)14-4-10-24-11-14/h3,5,14H,2,4,6-12H2,1H3. The van der Waals surface area contributed by atoms with Crippen molar-refractivity contribution in [2.45, 2.75) is 24.9 Å². The van der Waals surface area contributed by atoms with E-state index in [2.05, 4.69) is 9.97 Å². The first-order valence-corrected chi connectivity index (χ1v) is 9.69. The molecule has 0 N–H and O–H groups in total. The Morgan fingerprint density at radius 3 is 2.84 bits per heavy atom. The third-order valence-corrected chi connectivity index (χ3v) is 5.38. The van der Waals surface area contributed by atoms with Crippen molar-refractivity contribution in [2.24, 2.45) is 5.92 Å². The van der Waals surface area contributed by atoms with Crippen LogP contribution in [0.25, 0.3) is 0 Å². The molecule has 0 aliphatic carbocycles. The fourth-order valence-corrected chi connectivity index (χ4v) is 3.87. The van der Waals surface area contributed by atoms with Crippen LogP contribution in [0.2, 0.25) is 0 Å². The number of carbonyl (C=O) groups excluding carboxylic acids is 2. The molecule has 8 heteroatoms. The van der Waals surface area contributed by atoms with E-state index in [9.17, 15) is 9.59 Å². The first kappa shape index (κ1) is 18.1. The molecule has 3 rings (SSSR count). The van der Waals surface area contributed by atoms with Gasteiger partial charge in [0, 0.05) is 44.7 Å². The number of aromatic nitrogens is 2. The van der Waals surface area contributed by atoms with Crippen LogP contribution >= 0.6 is 11.8 Å². The lowest BCUT2D eigenvalue weighted by Crippen LogP contribution is -2.40. The van der Waals surface area contributed by atoms with E-state index in [1.165, 1.54) is 11.8 Å². The highest BCUT2D eigenvalue weighted by molar-refractivity contribution is 7.99. The van der Waals surface area contributed by atoms with E-state index in [-0.39, 0.29) is 17.7 Å². The Balaban J connectivity index is 1.48. The van der Waals surface area contributed by atoms with Gasteiger partial charge >= 0.3 is 0 Å². The zero-order valence-electron chi connectivity index (χ0n) is 14.5. The molecular weight excluding hydrogens is 340 g/mol. The third-order valence-electron chi connectivity index (χ3n) is 4.54. The van der Waals surface area contributed by atoms with Gasteiger partial charge < -0.3 is 14.5 Å². The zero-order chi connectivity index (χ0) is 17.6. The van der Waals surface area contributed by atoms with E-state index in [1.54, 1.807) is 6.20 Å². The van der Waals surface area contributed by atoms with Crippen molar-refractivity contribution in [3.05, 3.63) is 18.0 Å². The van der Waals surface area contributed by atoms with E-state index >= 15 is 0 Å². The zero-order valence-corrected chi connectivity index (χ0v) is 15.3. The van der Waals surface area contributed by atoms with Crippen LogP contribution in [0.1, 0.15) is 18.5 Å². The second-order valence-corrected chi connectivity index (χ2v) is 7.33. The number of hydrogen-bond acceptors (Lipinski definition) is 6. The van der Waals surface area contributed by atoms with Crippen LogP contribution < -0.4 is 0 Å². The number of carbonyl (C=O) groups is 2. The summed E-state index contributed by atoms with van der Waals surface area (Å²) in [7, 11) is 0. The van der Waals surface area contributed by atoms with Crippen molar-refractivity contribution in [3.63, 3.8) is 0 Å². The van der Waals surface area contributed by atoms with E-state index < -0.39 is 0 Å². The Morgan fingerprint density at radius 2 is 2.08 bits per heavy atom. The largest absolute Gasteiger partial charge is 0.381 e. The van der Waals surface area contributed by atoms with Gasteiger partial charge in [0.1, 0.15) is 0 Å². The van der Waals surface area contributed by atoms with E-state index in [0.29, 0.717) is 50.3 Å². The van der Waals surface area contributed by atoms with Crippen molar-refractivity contribution < 1.29 is 14.3 Å². The Labute approximate surface area is 152 Å². The molecule has 0 saturated carbocycles. The number of thioether (sulfide) groups is 1. The Morgan fingerprint density at radius 1 is 1.28 bits per heavy atom. The van der Waals surface area contributed by atoms with Gasteiger partial charge in [-0.2, -0.15) is 0 Å². The molecule has 0 radical (unpaired) electrons. The lowest BCUT2D eigenvalue weighted by Gasteiger charge is -2.24. The highest BCUT2D eigenvalue weighted by atomic mass is 32.2. The van der Waals surface area contributed by atoms with Gasteiger partial charge in [0.2, 0.25) is 11.8 Å². The van der Waals surface area contributed by atoms with E-state index in [0.717, 1.165) is 18.5 Å². The highest BCUT2D eigenvalue weighted by Crippen LogP contribution is 2.18. The van der Waals surface area contributed by atoms with Crippen LogP contribution in [0, 0.1) is 12.8 Å². The predicted octanol–water partition coefficient (Wildman–Crippen LogP) is 0.975. The molecular formula is C17H24N4O3S. The molecule has 2 saturated heterocycles. The summed E-state index contributed by atoms with van der Waals surface area (Å²) < 4.78 is 5.32. The van der Waals surface area contributed by atoms with Crippen LogP contribution in [0.3, 0.4) is 0 Å². The number of aryl methyl sites for hydroxylation is 1. The minimum Gasteiger partial charge on any atom is -0.381 e. The molecule has 1 atom stereocenters. The molecule has 1 aromatic heterocycles. The Bertz CT molecular complexity index is 622. The van der Waals surface area contributed by atoms with Crippen molar-refractivity contribution in [2.75, 3.05) is 45.1 Å². The molecule has 1 unspecified atom stereocenters. The topological polar surface area (TPSA) is 75.6 Å². The fourth-order valence-electron chi connectivity index (χ4n) is 3.09. The van der Waals surface area contributed by atoms with Gasteiger partial charge in [0.15, 0.2) is 5.16 Å². The number of amides is 2. The average molecular weight is 364 g/mol. The molecule has 7 nitrogen and oxygen atoms in total. The molecule has 2 fully saturated rings. The monoisotopic (exact) mass is 364 g/mol. The SMILES string of the molecule is Cc1ccnc(SCC(=O)N2CCCN(C(=O)C3CCOC3)CC2)n1. The van der Waals surface area contributed by atoms with Crippen LogP contribution in [0.4, 0.5) is 0 Å². The summed E-state index contributed by atoms with van der Waals surface area (Å²) in [6.45, 7) is 5.72. The average Bonchev–Trinajstić information content (AvgIpc) is 3.03. The number of ether oxygens (including phenoxy) is 1. The summed E-state index contributed by atoms with van der Waals surface area (Å²) >= 11 is 1.36. The van der Waals surface area contributed by atoms with Gasteiger partial charge in [-0.1, -0.05) is 11.8 Å². The van der Waals surface area contributed by atoms with Crippen LogP contribution in [0.15, 0.2) is 17.4 Å². The quantitative estimate of drug-likeness (QED) is 0.585. The molecule has 0 aromatic carbocycles. The maximum atomic E-state index is 12.5. The Kier molecular flexibility index (Phi) is 6.25. The Hall–Kier alpha value is -1.67. The summed E-state index contributed by atoms with van der Waals surface area (Å²) in [6, 6.07) is 1.83. The first-order chi connectivity index (χ1) is 12.1. The molecule has 0 spiro atoms. The van der Waals surface area contributed by atoms with Crippen LogP contribution in [-0.2, 0) is 14.3 Å². The molecule has 3 heterocycles. The van der Waals surface area contributed by atoms with Crippen molar-refractivity contribution in [1.82, 2.24) is 19.8 Å². The molecule has 2 amide bonds. The summed E-state index contributed by atoms with van der Waals surface area (Å²) in [5.41, 5.74) is 0.893. The van der Waals surface area contributed by atoms with Gasteiger partial charge in [-0.3, -0.25) is 9.59 Å². The van der Waals surface area contributed by atoms with E-state index in [1.807, 2.05) is 22.8 Å². The minimum absolute atomic E-state index is 0.00345. The number of hydrogen-bond donors (Lipinski definition) is 0. The van der Waals surface area contributed by atoms with Crippen LogP contribution in [-0.4, -0.2) is 76.7 Å². The van der Waals surface area contributed by atoms with Gasteiger partial charge in [-0.25, -0.2) is 9.97 Å². The van der Waals surface area contributed by atoms with Crippen LogP contribution in [0.5, 0.6) is 0 Å². The maximum Gasteiger partial charge on any atom is 0.233 e. The lowest BCUT2D eigenvalue weighted by molar-refractivity contribution is -0.136. The molecule has 136 valence electrons. The highest BCUT2D eigenvalue weighted by Gasteiger charge is 2.29. The summed E-state index contributed by atoms with van der Waals surface area (Å²) in [6.07, 6.45) is 3.33. The van der Waals surface area contributed by atoms with Gasteiger partial charge in [-0.15, -0.1) is 0 Å². The second kappa shape index (κ2) is 8.62. The maximum absolute atomic E-state index is 12.5. The van der Waals surface area contributed by atoms with Crippen molar-refractivity contribution in [1.29, 1.82) is 0 Å². The fraction of sp³-hybridized carbons (Fsp3) is 0.647. The van der Waals surface area contributed by atoms with Crippen molar-refractivity contribution in [3.8, 4) is 0 Å². The summed E-state index contributed by atoms with van der Waals surface area (Å²) in [4.78, 5) is 37.2. The van der Waals surface area contributed by atoms with Gasteiger partial charge in [0.05, 0.1) is 18.3 Å². The summed E-state index contributed by atoms with van der Waals surface area (Å²) in [5.74, 6) is 0.577. The second-order valence-electron chi connectivity index (χ2n) is 6.39. The smallest absolute Gasteiger partial charge is 0.233 e. The predicted molar refractivity (Wildman–Crippen MR) is 94.2 cm³/mol. The number of rotatable bonds is 4. The lowest BCUT2D eigenvalue weighted by atomic mass is 10.1. The molecule has 1 aromatic rings. The van der Waals surface area contributed by atoms with Gasteiger partial charge in [0.25, 0.3) is 0 Å². The van der Waals surface area contributed by atoms with E-state index in [4.69, 9.17) is 4.74 Å². The summed E-state index contributed by atoms with van der Waals surface area (Å²) in [5, 5.41) is 0.626.